The number of primary amides is 1. The maximum Gasteiger partial charge on any atom is 0.305 e. The molecule has 0 saturated carbocycles. The second-order valence-corrected chi connectivity index (χ2v) is 15.4. The Balaban J connectivity index is 1.08. The molecule has 7 atom stereocenters. The molecule has 0 radical (unpaired) electrons. The van der Waals surface area contributed by atoms with Crippen molar-refractivity contribution >= 4 is 57.3 Å². The third-order valence-corrected chi connectivity index (χ3v) is 10.3. The molecule has 0 bridgehead atoms. The van der Waals surface area contributed by atoms with Gasteiger partial charge in [0.1, 0.15) is 43.0 Å². The fourth-order valence-electron chi connectivity index (χ4n) is 7.04. The highest BCUT2D eigenvalue weighted by molar-refractivity contribution is 6.07. The average Bonchev–Trinajstić information content (AvgIpc) is 3.26. The smallest absolute Gasteiger partial charge is 0.305 e. The van der Waals surface area contributed by atoms with Gasteiger partial charge in [-0.25, -0.2) is 0 Å². The van der Waals surface area contributed by atoms with Gasteiger partial charge in [0.15, 0.2) is 11.7 Å². The Morgan fingerprint density at radius 2 is 1.63 bits per heavy atom. The second-order valence-electron chi connectivity index (χ2n) is 15.4. The zero-order valence-corrected chi connectivity index (χ0v) is 35.2. The third-order valence-electron chi connectivity index (χ3n) is 10.3. The van der Waals surface area contributed by atoms with Crippen LogP contribution in [0.5, 0.6) is 0 Å². The number of H-pyrrole nitrogens is 1. The van der Waals surface area contributed by atoms with Crippen LogP contribution in [-0.4, -0.2) is 120 Å². The maximum atomic E-state index is 13.4. The van der Waals surface area contributed by atoms with Crippen LogP contribution in [0.4, 0.5) is 0 Å². The molecule has 4 aromatic rings. The van der Waals surface area contributed by atoms with Crippen molar-refractivity contribution in [2.75, 3.05) is 26.4 Å². The van der Waals surface area contributed by atoms with E-state index in [1.807, 2.05) is 30.3 Å². The number of carbonyl (C=O) groups is 6. The quantitative estimate of drug-likeness (QED) is 0.0321. The molecule has 338 valence electrons. The average molecular weight is 875 g/mol. The number of fused-ring (bicyclic) bond motifs is 2. The van der Waals surface area contributed by atoms with Crippen LogP contribution in [0.2, 0.25) is 0 Å². The lowest BCUT2D eigenvalue weighted by Crippen LogP contribution is -2.65. The largest absolute Gasteiger partial charge is 0.466 e. The number of amides is 5. The first-order chi connectivity index (χ1) is 30.2. The molecule has 1 saturated heterocycles. The number of esters is 1. The number of hydrogen-bond donors (Lipinski definition) is 8. The first-order valence-electron chi connectivity index (χ1n) is 20.5. The van der Waals surface area contributed by atoms with Crippen molar-refractivity contribution < 1.29 is 57.9 Å². The van der Waals surface area contributed by atoms with Crippen molar-refractivity contribution in [3.63, 3.8) is 0 Å². The van der Waals surface area contributed by atoms with Crippen LogP contribution in [0, 0.1) is 5.92 Å². The van der Waals surface area contributed by atoms with Crippen LogP contribution in [-0.2, 0) is 49.5 Å². The van der Waals surface area contributed by atoms with Crippen LogP contribution < -0.4 is 32.4 Å². The number of aromatic amines is 1. The Kier molecular flexibility index (Phi) is 17.2. The molecule has 0 unspecified atom stereocenters. The zero-order chi connectivity index (χ0) is 45.6. The molecule has 63 heavy (non-hydrogen) atoms. The van der Waals surface area contributed by atoms with Gasteiger partial charge in [0.05, 0.1) is 30.9 Å². The molecule has 19 heteroatoms. The highest BCUT2D eigenvalue weighted by atomic mass is 16.7. The Labute approximate surface area is 362 Å². The van der Waals surface area contributed by atoms with Gasteiger partial charge < -0.3 is 61.1 Å². The summed E-state index contributed by atoms with van der Waals surface area (Å²) in [7, 11) is 0. The molecule has 2 heterocycles. The van der Waals surface area contributed by atoms with Crippen LogP contribution in [0.15, 0.2) is 77.6 Å². The van der Waals surface area contributed by atoms with Crippen molar-refractivity contribution in [2.45, 2.75) is 89.4 Å². The van der Waals surface area contributed by atoms with Crippen molar-refractivity contribution in [1.82, 2.24) is 26.3 Å². The molecule has 0 spiro atoms. The molecule has 9 N–H and O–H groups in total. The van der Waals surface area contributed by atoms with Crippen LogP contribution in [0.3, 0.4) is 0 Å². The fourth-order valence-corrected chi connectivity index (χ4v) is 7.04. The van der Waals surface area contributed by atoms with Crippen molar-refractivity contribution in [3.8, 4) is 0 Å². The summed E-state index contributed by atoms with van der Waals surface area (Å²) in [5.74, 6) is -4.62. The number of aliphatic hydroxyl groups excluding tert-OH is 2. The van der Waals surface area contributed by atoms with E-state index in [1.54, 1.807) is 56.3 Å². The minimum absolute atomic E-state index is 0.0563. The first kappa shape index (κ1) is 47.8. The number of aliphatic hydroxyl groups is 2. The number of nitrogens with two attached hydrogens (primary N) is 1. The van der Waals surface area contributed by atoms with Gasteiger partial charge in [0, 0.05) is 36.2 Å². The van der Waals surface area contributed by atoms with E-state index in [9.17, 15) is 43.8 Å². The van der Waals surface area contributed by atoms with E-state index >= 15 is 0 Å². The predicted octanol–water partition coefficient (Wildman–Crippen LogP) is 0.420. The molecule has 1 fully saturated rings. The molecule has 1 aromatic heterocycles. The van der Waals surface area contributed by atoms with Crippen molar-refractivity contribution in [1.29, 1.82) is 0 Å². The number of nitrogens with one attached hydrogen (secondary N) is 5. The van der Waals surface area contributed by atoms with Crippen LogP contribution in [0.25, 0.3) is 21.8 Å². The summed E-state index contributed by atoms with van der Waals surface area (Å²) >= 11 is 0. The standard InChI is InChI=1S/C44H54N6O13/c1-24(2)35(50-33(53)23-61-40-37(47-25(3)52)44(63-32(21-51)39(40)56)62-22-26-11-5-4-6-12-26)43(59)49-31(41(45)57)17-18-34(54)60-20-10-19-46-42(58)29-15-9-14-28-36(29)48-30-16-8-7-13-27(30)38(28)55/h4-9,11-16,24,31-32,35,37,39-40,44,51,56H,10,17-23H2,1-3H3,(H2,45,57)(H,46,58)(H,47,52)(H,48,55)(H,49,59)(H,50,53)/t31-,32-,35+,37-,39-,40-,44+/m1/s1. The van der Waals surface area contributed by atoms with Gasteiger partial charge in [-0.3, -0.25) is 33.6 Å². The molecular formula is C44H54N6O13. The maximum absolute atomic E-state index is 13.4. The van der Waals surface area contributed by atoms with Gasteiger partial charge >= 0.3 is 5.97 Å². The van der Waals surface area contributed by atoms with E-state index < -0.39 is 97.4 Å². The van der Waals surface area contributed by atoms with E-state index in [-0.39, 0.29) is 50.0 Å². The third kappa shape index (κ3) is 12.9. The predicted molar refractivity (Wildman–Crippen MR) is 227 cm³/mol. The summed E-state index contributed by atoms with van der Waals surface area (Å²) in [4.78, 5) is 92.8. The number of pyridine rings is 1. The molecule has 1 aliphatic rings. The summed E-state index contributed by atoms with van der Waals surface area (Å²) in [6.07, 6.45) is -5.42. The SMILES string of the molecule is CC(=O)N[C@H]1[C@@H](OCc2ccccc2)O[C@H](CO)[C@@H](O)[C@@H]1OCC(=O)N[C@H](C(=O)N[C@H](CCC(=O)OCCCNC(=O)c1cccc2c(=O)c3ccccc3[nH]c12)C(N)=O)C(C)C. The Morgan fingerprint density at radius 1 is 0.921 bits per heavy atom. The van der Waals surface area contributed by atoms with Gasteiger partial charge in [0.25, 0.3) is 5.91 Å². The summed E-state index contributed by atoms with van der Waals surface area (Å²) in [6.45, 7) is 3.33. The number of benzene rings is 3. The van der Waals surface area contributed by atoms with E-state index in [0.29, 0.717) is 21.8 Å². The number of ether oxygens (including phenoxy) is 4. The lowest BCUT2D eigenvalue weighted by Gasteiger charge is -2.44. The Hall–Kier alpha value is -6.25. The van der Waals surface area contributed by atoms with E-state index in [0.717, 1.165) is 5.56 Å². The normalized spacial score (nSPS) is 19.5. The summed E-state index contributed by atoms with van der Waals surface area (Å²) in [5, 5.41) is 32.2. The monoisotopic (exact) mass is 874 g/mol. The van der Waals surface area contributed by atoms with E-state index in [4.69, 9.17) is 24.7 Å². The highest BCUT2D eigenvalue weighted by Crippen LogP contribution is 2.26. The van der Waals surface area contributed by atoms with E-state index in [2.05, 4.69) is 26.3 Å². The van der Waals surface area contributed by atoms with Gasteiger partial charge in [-0.2, -0.15) is 0 Å². The molecule has 5 rings (SSSR count). The molecule has 1 aliphatic heterocycles. The highest BCUT2D eigenvalue weighted by Gasteiger charge is 2.47. The number of rotatable bonds is 21. The zero-order valence-electron chi connectivity index (χ0n) is 35.2. The van der Waals surface area contributed by atoms with Gasteiger partial charge in [-0.15, -0.1) is 0 Å². The molecule has 19 nitrogen and oxygen atoms in total. The lowest BCUT2D eigenvalue weighted by molar-refractivity contribution is -0.279. The van der Waals surface area contributed by atoms with Crippen LogP contribution in [0.1, 0.15) is 56.0 Å². The van der Waals surface area contributed by atoms with E-state index in [1.165, 1.54) is 6.92 Å². The van der Waals surface area contributed by atoms with Gasteiger partial charge in [-0.05, 0) is 48.6 Å². The molecule has 3 aromatic carbocycles. The molecule has 0 aliphatic carbocycles. The molecular weight excluding hydrogens is 821 g/mol. The number of aromatic nitrogens is 1. The lowest BCUT2D eigenvalue weighted by atomic mass is 9.96. The van der Waals surface area contributed by atoms with Crippen molar-refractivity contribution in [3.05, 3.63) is 94.1 Å². The summed E-state index contributed by atoms with van der Waals surface area (Å²) in [6, 6.07) is 17.3. The van der Waals surface area contributed by atoms with Crippen molar-refractivity contribution in [2.24, 2.45) is 11.7 Å². The second kappa shape index (κ2) is 22.7. The van der Waals surface area contributed by atoms with Gasteiger partial charge in [0.2, 0.25) is 23.6 Å². The number of carbonyl (C=O) groups excluding carboxylic acids is 6. The Morgan fingerprint density at radius 3 is 2.33 bits per heavy atom. The Bertz CT molecular complexity index is 2300. The molecule has 5 amide bonds. The summed E-state index contributed by atoms with van der Waals surface area (Å²) < 4.78 is 22.7. The topological polar surface area (TPSA) is 287 Å². The minimum Gasteiger partial charge on any atom is -0.466 e. The first-order valence-corrected chi connectivity index (χ1v) is 20.5. The minimum atomic E-state index is -1.50. The summed E-state index contributed by atoms with van der Waals surface area (Å²) in [5.41, 5.74) is 7.41. The van der Waals surface area contributed by atoms with Crippen LogP contribution >= 0.6 is 0 Å². The number of para-hydroxylation sites is 2. The van der Waals surface area contributed by atoms with Gasteiger partial charge in [-0.1, -0.05) is 62.4 Å². The number of hydrogen-bond acceptors (Lipinski definition) is 13. The fraction of sp³-hybridized carbons (Fsp3) is 0.432.